The third-order valence-electron chi connectivity index (χ3n) is 5.62. The molecular weight excluding hydrogens is 678 g/mol. The number of ether oxygens (including phenoxy) is 2. The van der Waals surface area contributed by atoms with Crippen molar-refractivity contribution in [3.63, 3.8) is 0 Å². The van der Waals surface area contributed by atoms with Gasteiger partial charge in [-0.05, 0) is 70.0 Å². The average Bonchev–Trinajstić information content (AvgIpc) is 3.33. The maximum Gasteiger partial charge on any atom is 0.180 e. The Morgan fingerprint density at radius 1 is 0.694 bits per heavy atom. The van der Waals surface area contributed by atoms with Gasteiger partial charge in [-0.25, -0.2) is 9.97 Å². The van der Waals surface area contributed by atoms with Crippen molar-refractivity contribution in [2.45, 2.75) is 27.1 Å². The molecule has 1 aromatic carbocycles. The molecular formula is C24H16Br2Cl4N4O2. The molecule has 0 saturated heterocycles. The van der Waals surface area contributed by atoms with Crippen LogP contribution in [0.15, 0.2) is 45.9 Å². The van der Waals surface area contributed by atoms with E-state index in [1.165, 1.54) is 0 Å². The fraction of sp³-hybridized carbons (Fsp3) is 0.167. The summed E-state index contributed by atoms with van der Waals surface area (Å²) in [5.74, 6) is 1.12. The summed E-state index contributed by atoms with van der Waals surface area (Å²) >= 11 is 33.6. The fourth-order valence-electron chi connectivity index (χ4n) is 3.76. The van der Waals surface area contributed by atoms with Crippen molar-refractivity contribution in [2.75, 3.05) is 0 Å². The van der Waals surface area contributed by atoms with Crippen LogP contribution in [0.25, 0.3) is 11.3 Å². The minimum Gasteiger partial charge on any atom is -0.485 e. The Morgan fingerprint density at radius 3 is 1.42 bits per heavy atom. The molecule has 0 bridgehead atoms. The molecule has 0 N–H and O–H groups in total. The molecule has 0 aliphatic carbocycles. The summed E-state index contributed by atoms with van der Waals surface area (Å²) in [5.41, 5.74) is 3.93. The molecule has 6 nitrogen and oxygen atoms in total. The van der Waals surface area contributed by atoms with Crippen LogP contribution in [0.2, 0.25) is 20.1 Å². The van der Waals surface area contributed by atoms with E-state index in [4.69, 9.17) is 55.9 Å². The molecule has 0 amide bonds. The van der Waals surface area contributed by atoms with E-state index in [1.807, 2.05) is 59.3 Å². The molecule has 0 unspecified atom stereocenters. The van der Waals surface area contributed by atoms with Crippen molar-refractivity contribution in [3.8, 4) is 11.5 Å². The number of rotatable bonds is 6. The summed E-state index contributed by atoms with van der Waals surface area (Å²) < 4.78 is 17.5. The second-order valence-electron chi connectivity index (χ2n) is 7.90. The van der Waals surface area contributed by atoms with Gasteiger partial charge >= 0.3 is 0 Å². The summed E-state index contributed by atoms with van der Waals surface area (Å²) in [5, 5.41) is 0.981. The first kappa shape index (κ1) is 25.9. The number of pyridine rings is 2. The van der Waals surface area contributed by atoms with E-state index in [0.717, 1.165) is 20.6 Å². The molecule has 0 radical (unpaired) electrons. The summed E-state index contributed by atoms with van der Waals surface area (Å²) in [6, 6.07) is 7.35. The summed E-state index contributed by atoms with van der Waals surface area (Å²) in [6.45, 7) is 3.90. The lowest BCUT2D eigenvalue weighted by Crippen LogP contribution is -2.05. The zero-order valence-corrected chi connectivity index (χ0v) is 24.9. The number of nitrogens with zero attached hydrogens (tertiary/aromatic N) is 4. The first-order chi connectivity index (χ1) is 17.2. The van der Waals surface area contributed by atoms with E-state index in [-0.39, 0.29) is 33.3 Å². The SMILES string of the molecule is Cc1nc2c(OCc3c(Cl)c(Cl)c(COc4cccn5c(Br)c(C)nc45)c(Cl)c3Cl)cccn2c1Br. The van der Waals surface area contributed by atoms with Gasteiger partial charge in [0.15, 0.2) is 22.8 Å². The molecule has 0 spiro atoms. The van der Waals surface area contributed by atoms with Gasteiger partial charge < -0.3 is 9.47 Å². The number of fused-ring (bicyclic) bond motifs is 2. The van der Waals surface area contributed by atoms with E-state index in [9.17, 15) is 0 Å². The van der Waals surface area contributed by atoms with Gasteiger partial charge in [-0.15, -0.1) is 0 Å². The van der Waals surface area contributed by atoms with Crippen LogP contribution >= 0.6 is 78.3 Å². The van der Waals surface area contributed by atoms with Gasteiger partial charge in [0, 0.05) is 23.5 Å². The summed E-state index contributed by atoms with van der Waals surface area (Å²) in [4.78, 5) is 9.09. The van der Waals surface area contributed by atoms with E-state index >= 15 is 0 Å². The Morgan fingerprint density at radius 2 is 1.06 bits per heavy atom. The molecule has 0 aliphatic heterocycles. The second kappa shape index (κ2) is 10.2. The fourth-order valence-corrected chi connectivity index (χ4v) is 5.65. The number of aryl methyl sites for hydroxylation is 2. The van der Waals surface area contributed by atoms with Crippen molar-refractivity contribution in [2.24, 2.45) is 0 Å². The molecule has 4 aromatic heterocycles. The Hall–Kier alpha value is -1.68. The van der Waals surface area contributed by atoms with Crippen molar-refractivity contribution < 1.29 is 9.47 Å². The predicted molar refractivity (Wildman–Crippen MR) is 150 cm³/mol. The van der Waals surface area contributed by atoms with E-state index in [0.29, 0.717) is 33.9 Å². The minimum atomic E-state index is 0.0438. The van der Waals surface area contributed by atoms with Crippen LogP contribution in [0.1, 0.15) is 22.5 Å². The molecule has 186 valence electrons. The minimum absolute atomic E-state index is 0.0438. The number of hydrogen-bond donors (Lipinski definition) is 0. The van der Waals surface area contributed by atoms with Crippen molar-refractivity contribution >= 4 is 89.6 Å². The molecule has 5 aromatic rings. The highest BCUT2D eigenvalue weighted by Crippen LogP contribution is 2.42. The predicted octanol–water partition coefficient (Wildman–Crippen LogP) is 8.90. The largest absolute Gasteiger partial charge is 0.485 e. The number of hydrogen-bond acceptors (Lipinski definition) is 4. The van der Waals surface area contributed by atoms with Crippen LogP contribution in [0.4, 0.5) is 0 Å². The molecule has 0 aliphatic rings. The third-order valence-corrected chi connectivity index (χ3v) is 9.39. The number of benzene rings is 1. The molecule has 4 heterocycles. The van der Waals surface area contributed by atoms with Crippen LogP contribution in [0.5, 0.6) is 11.5 Å². The molecule has 0 atom stereocenters. The highest BCUT2D eigenvalue weighted by Gasteiger charge is 2.22. The Bertz CT molecular complexity index is 1500. The lowest BCUT2D eigenvalue weighted by Gasteiger charge is -2.17. The standard InChI is InChI=1S/C24H16Br2Cl4N4O2/c1-11-21(25)33-7-3-5-15(23(33)31-11)35-9-13-17(27)19(29)14(20(30)18(13)28)10-36-16-6-4-8-34-22(26)12(2)32-24(16)34/h3-8H,9-10H2,1-2H3. The van der Waals surface area contributed by atoms with E-state index in [1.54, 1.807) is 0 Å². The van der Waals surface area contributed by atoms with Gasteiger partial charge in [-0.3, -0.25) is 8.80 Å². The zero-order valence-electron chi connectivity index (χ0n) is 18.8. The van der Waals surface area contributed by atoms with Crippen molar-refractivity contribution in [1.82, 2.24) is 18.8 Å². The van der Waals surface area contributed by atoms with Crippen molar-refractivity contribution in [1.29, 1.82) is 0 Å². The normalized spacial score (nSPS) is 11.6. The average molecular weight is 694 g/mol. The van der Waals surface area contributed by atoms with Crippen LogP contribution in [-0.2, 0) is 13.2 Å². The third kappa shape index (κ3) is 4.46. The lowest BCUT2D eigenvalue weighted by atomic mass is 10.1. The van der Waals surface area contributed by atoms with Gasteiger partial charge in [0.1, 0.15) is 22.4 Å². The van der Waals surface area contributed by atoms with Gasteiger partial charge in [0.2, 0.25) is 0 Å². The monoisotopic (exact) mass is 690 g/mol. The van der Waals surface area contributed by atoms with Gasteiger partial charge in [-0.2, -0.15) is 0 Å². The number of halogens is 6. The Balaban J connectivity index is 1.42. The van der Waals surface area contributed by atoms with Crippen LogP contribution in [0, 0.1) is 13.8 Å². The van der Waals surface area contributed by atoms with Crippen LogP contribution < -0.4 is 9.47 Å². The van der Waals surface area contributed by atoms with E-state index < -0.39 is 0 Å². The van der Waals surface area contributed by atoms with Gasteiger partial charge in [-0.1, -0.05) is 46.4 Å². The van der Waals surface area contributed by atoms with Crippen LogP contribution in [-0.4, -0.2) is 18.8 Å². The topological polar surface area (TPSA) is 53.1 Å². The number of imidazole rings is 2. The molecule has 0 fully saturated rings. The van der Waals surface area contributed by atoms with Gasteiger partial charge in [0.25, 0.3) is 0 Å². The zero-order chi connectivity index (χ0) is 25.7. The quantitative estimate of drug-likeness (QED) is 0.167. The molecule has 12 heteroatoms. The van der Waals surface area contributed by atoms with E-state index in [2.05, 4.69) is 41.8 Å². The highest BCUT2D eigenvalue weighted by atomic mass is 79.9. The highest BCUT2D eigenvalue weighted by molar-refractivity contribution is 9.10. The first-order valence-electron chi connectivity index (χ1n) is 10.5. The molecule has 0 saturated carbocycles. The molecule has 5 rings (SSSR count). The van der Waals surface area contributed by atoms with Crippen molar-refractivity contribution in [3.05, 3.63) is 88.5 Å². The molecule has 36 heavy (non-hydrogen) atoms. The first-order valence-corrected chi connectivity index (χ1v) is 13.6. The summed E-state index contributed by atoms with van der Waals surface area (Å²) in [6.07, 6.45) is 3.78. The Kier molecular flexibility index (Phi) is 7.38. The smallest absolute Gasteiger partial charge is 0.180 e. The second-order valence-corrected chi connectivity index (χ2v) is 10.9. The summed E-state index contributed by atoms with van der Waals surface area (Å²) in [7, 11) is 0. The lowest BCUT2D eigenvalue weighted by molar-refractivity contribution is 0.305. The maximum atomic E-state index is 6.63. The Labute approximate surface area is 243 Å². The number of aromatic nitrogens is 4. The maximum absolute atomic E-state index is 6.63. The van der Waals surface area contributed by atoms with Crippen LogP contribution in [0.3, 0.4) is 0 Å². The van der Waals surface area contributed by atoms with Gasteiger partial charge in [0.05, 0.1) is 31.5 Å².